The van der Waals surface area contributed by atoms with Gasteiger partial charge in [0.25, 0.3) is 0 Å². The van der Waals surface area contributed by atoms with Gasteiger partial charge in [-0.15, -0.1) is 0 Å². The average molecular weight is 390 g/mol. The molecule has 0 saturated carbocycles. The number of aromatic nitrogens is 1. The number of carbonyl (C=O) groups is 2. The number of nitrogens with one attached hydrogen (secondary N) is 1. The number of nitrogens with zero attached hydrogens (tertiary/aromatic N) is 1. The Bertz CT molecular complexity index is 896. The molecule has 0 bridgehead atoms. The fourth-order valence-corrected chi connectivity index (χ4v) is 4.50. The maximum Gasteiger partial charge on any atom is 0.309 e. The average Bonchev–Trinajstić information content (AvgIpc) is 3.21. The van der Waals surface area contributed by atoms with Gasteiger partial charge < -0.3 is 9.72 Å². The van der Waals surface area contributed by atoms with Crippen molar-refractivity contribution in [3.8, 4) is 0 Å². The van der Waals surface area contributed by atoms with Crippen LogP contribution in [0.2, 0.25) is 0 Å². The van der Waals surface area contributed by atoms with Gasteiger partial charge in [0.2, 0.25) is 15.8 Å². The smallest absolute Gasteiger partial charge is 0.309 e. The quantitative estimate of drug-likeness (QED) is 0.602. The van der Waals surface area contributed by atoms with Crippen LogP contribution in [-0.4, -0.2) is 49.2 Å². The molecule has 1 fully saturated rings. The topological polar surface area (TPSA) is 96.5 Å². The molecule has 0 atom stereocenters. The van der Waals surface area contributed by atoms with Crippen molar-refractivity contribution in [3.63, 3.8) is 0 Å². The molecular formula is C19H22N2O5S. The van der Waals surface area contributed by atoms with E-state index >= 15 is 0 Å². The molecule has 144 valence electrons. The first-order valence-electron chi connectivity index (χ1n) is 8.78. The van der Waals surface area contributed by atoms with Gasteiger partial charge in [0.15, 0.2) is 6.61 Å². The largest absolute Gasteiger partial charge is 0.457 e. The number of hydrogen-bond donors (Lipinski definition) is 1. The number of carbonyl (C=O) groups excluding carboxylic acids is 2. The summed E-state index contributed by atoms with van der Waals surface area (Å²) in [5.41, 5.74) is 1.38. The number of piperidine rings is 1. The molecule has 1 saturated heterocycles. The third kappa shape index (κ3) is 4.45. The van der Waals surface area contributed by atoms with Gasteiger partial charge in [-0.25, -0.2) is 8.42 Å². The molecule has 1 aliphatic heterocycles. The number of hydrogen-bond acceptors (Lipinski definition) is 5. The van der Waals surface area contributed by atoms with Gasteiger partial charge in [-0.1, -0.05) is 17.7 Å². The van der Waals surface area contributed by atoms with Gasteiger partial charge in [-0.2, -0.15) is 4.31 Å². The summed E-state index contributed by atoms with van der Waals surface area (Å²) in [4.78, 5) is 27.1. The van der Waals surface area contributed by atoms with E-state index in [4.69, 9.17) is 4.74 Å². The van der Waals surface area contributed by atoms with Crippen LogP contribution in [-0.2, 0) is 19.6 Å². The van der Waals surface area contributed by atoms with Crippen molar-refractivity contribution in [2.45, 2.75) is 24.7 Å². The van der Waals surface area contributed by atoms with Crippen molar-refractivity contribution in [1.29, 1.82) is 0 Å². The minimum Gasteiger partial charge on any atom is -0.457 e. The highest BCUT2D eigenvalue weighted by molar-refractivity contribution is 7.89. The number of aryl methyl sites for hydroxylation is 1. The van der Waals surface area contributed by atoms with Crippen molar-refractivity contribution >= 4 is 21.8 Å². The molecule has 7 nitrogen and oxygen atoms in total. The number of sulfonamides is 1. The standard InChI is InChI=1S/C19H22N2O5S/c1-14-4-6-16(7-5-14)27(24,25)21-11-8-15(9-12-21)19(23)26-13-18(22)17-3-2-10-20-17/h2-7,10,15,20H,8-9,11-13H2,1H3. The van der Waals surface area contributed by atoms with Crippen molar-refractivity contribution in [2.75, 3.05) is 19.7 Å². The van der Waals surface area contributed by atoms with E-state index in [2.05, 4.69) is 4.98 Å². The minimum atomic E-state index is -3.56. The van der Waals surface area contributed by atoms with Crippen LogP contribution in [0.1, 0.15) is 28.9 Å². The van der Waals surface area contributed by atoms with E-state index in [-0.39, 0.29) is 30.4 Å². The van der Waals surface area contributed by atoms with Gasteiger partial charge in [0, 0.05) is 19.3 Å². The van der Waals surface area contributed by atoms with E-state index in [0.717, 1.165) is 5.56 Å². The van der Waals surface area contributed by atoms with Crippen LogP contribution < -0.4 is 0 Å². The fraction of sp³-hybridized carbons (Fsp3) is 0.368. The molecule has 1 aromatic heterocycles. The highest BCUT2D eigenvalue weighted by atomic mass is 32.2. The maximum absolute atomic E-state index is 12.7. The summed E-state index contributed by atoms with van der Waals surface area (Å²) in [5, 5.41) is 0. The summed E-state index contributed by atoms with van der Waals surface area (Å²) in [6.07, 6.45) is 2.38. The molecule has 0 aliphatic carbocycles. The van der Waals surface area contributed by atoms with E-state index in [1.807, 2.05) is 6.92 Å². The molecule has 1 aliphatic rings. The summed E-state index contributed by atoms with van der Waals surface area (Å²) in [5.74, 6) is -1.15. The predicted molar refractivity (Wildman–Crippen MR) is 98.7 cm³/mol. The first-order valence-corrected chi connectivity index (χ1v) is 10.2. The van der Waals surface area contributed by atoms with Gasteiger partial charge >= 0.3 is 5.97 Å². The van der Waals surface area contributed by atoms with Crippen molar-refractivity contribution in [3.05, 3.63) is 53.9 Å². The number of H-pyrrole nitrogens is 1. The van der Waals surface area contributed by atoms with E-state index in [9.17, 15) is 18.0 Å². The zero-order valence-electron chi connectivity index (χ0n) is 15.1. The Morgan fingerprint density at radius 3 is 2.41 bits per heavy atom. The Hall–Kier alpha value is -2.45. The lowest BCUT2D eigenvalue weighted by atomic mass is 9.98. The lowest BCUT2D eigenvalue weighted by Gasteiger charge is -2.30. The molecule has 8 heteroatoms. The zero-order valence-corrected chi connectivity index (χ0v) is 15.9. The third-order valence-corrected chi connectivity index (χ3v) is 6.60. The summed E-state index contributed by atoms with van der Waals surface area (Å²) >= 11 is 0. The Morgan fingerprint density at radius 1 is 1.15 bits per heavy atom. The first kappa shape index (κ1) is 19.3. The Morgan fingerprint density at radius 2 is 1.81 bits per heavy atom. The van der Waals surface area contributed by atoms with Crippen molar-refractivity contribution < 1.29 is 22.7 Å². The molecule has 0 spiro atoms. The first-order chi connectivity index (χ1) is 12.9. The molecule has 0 radical (unpaired) electrons. The predicted octanol–water partition coefficient (Wildman–Crippen LogP) is 2.15. The molecule has 2 aromatic rings. The molecule has 27 heavy (non-hydrogen) atoms. The maximum atomic E-state index is 12.7. The monoisotopic (exact) mass is 390 g/mol. The Kier molecular flexibility index (Phi) is 5.76. The number of aromatic amines is 1. The van der Waals surface area contributed by atoms with Crippen molar-refractivity contribution in [2.24, 2.45) is 5.92 Å². The van der Waals surface area contributed by atoms with Gasteiger partial charge in [0.1, 0.15) is 0 Å². The summed E-state index contributed by atoms with van der Waals surface area (Å²) in [6.45, 7) is 2.08. The van der Waals surface area contributed by atoms with Gasteiger partial charge in [-0.3, -0.25) is 9.59 Å². The Balaban J connectivity index is 1.53. The van der Waals surface area contributed by atoms with Crippen LogP contribution in [0.5, 0.6) is 0 Å². The molecule has 0 unspecified atom stereocenters. The normalized spacial score (nSPS) is 16.2. The van der Waals surface area contributed by atoms with E-state index < -0.39 is 21.9 Å². The number of esters is 1. The highest BCUT2D eigenvalue weighted by Gasteiger charge is 2.33. The SMILES string of the molecule is Cc1ccc(S(=O)(=O)N2CCC(C(=O)OCC(=O)c3ccc[nH]3)CC2)cc1. The lowest BCUT2D eigenvalue weighted by Crippen LogP contribution is -2.40. The highest BCUT2D eigenvalue weighted by Crippen LogP contribution is 2.24. The number of Topliss-reactive ketones (excluding diaryl/α,β-unsaturated/α-hetero) is 1. The second-order valence-corrected chi connectivity index (χ2v) is 8.54. The van der Waals surface area contributed by atoms with E-state index in [1.54, 1.807) is 42.6 Å². The summed E-state index contributed by atoms with van der Waals surface area (Å²) < 4.78 is 31.9. The van der Waals surface area contributed by atoms with Crippen LogP contribution in [0.3, 0.4) is 0 Å². The van der Waals surface area contributed by atoms with Crippen LogP contribution in [0, 0.1) is 12.8 Å². The molecule has 1 aromatic carbocycles. The van der Waals surface area contributed by atoms with Crippen molar-refractivity contribution in [1.82, 2.24) is 9.29 Å². The number of benzene rings is 1. The second kappa shape index (κ2) is 8.06. The lowest BCUT2D eigenvalue weighted by molar-refractivity contribution is -0.148. The molecule has 0 amide bonds. The van der Waals surface area contributed by atoms with E-state index in [1.165, 1.54) is 4.31 Å². The summed E-state index contributed by atoms with van der Waals surface area (Å²) in [7, 11) is -3.56. The number of rotatable bonds is 6. The Labute approximate surface area is 158 Å². The zero-order chi connectivity index (χ0) is 19.4. The molecule has 1 N–H and O–H groups in total. The molecule has 2 heterocycles. The third-order valence-electron chi connectivity index (χ3n) is 4.69. The van der Waals surface area contributed by atoms with Crippen LogP contribution in [0.15, 0.2) is 47.5 Å². The number of ketones is 1. The van der Waals surface area contributed by atoms with Crippen LogP contribution in [0.25, 0.3) is 0 Å². The van der Waals surface area contributed by atoms with Gasteiger partial charge in [0.05, 0.1) is 16.5 Å². The molecule has 3 rings (SSSR count). The summed E-state index contributed by atoms with van der Waals surface area (Å²) in [6, 6.07) is 10.0. The van der Waals surface area contributed by atoms with Gasteiger partial charge in [-0.05, 0) is 44.0 Å². The minimum absolute atomic E-state index is 0.251. The van der Waals surface area contributed by atoms with Crippen LogP contribution >= 0.6 is 0 Å². The second-order valence-electron chi connectivity index (χ2n) is 6.61. The van der Waals surface area contributed by atoms with Crippen LogP contribution in [0.4, 0.5) is 0 Å². The van der Waals surface area contributed by atoms with E-state index in [0.29, 0.717) is 18.5 Å². The number of ether oxygens (including phenoxy) is 1. The fourth-order valence-electron chi connectivity index (χ4n) is 3.03. The molecular weight excluding hydrogens is 368 g/mol.